The molecular formula is C13H18ClNO2. The van der Waals surface area contributed by atoms with Gasteiger partial charge in [0, 0.05) is 17.0 Å². The second-order valence-corrected chi connectivity index (χ2v) is 4.96. The molecule has 0 aliphatic heterocycles. The molecule has 0 fully saturated rings. The van der Waals surface area contributed by atoms with Crippen LogP contribution in [0.3, 0.4) is 0 Å². The number of halogens is 1. The molecule has 3 nitrogen and oxygen atoms in total. The molecule has 0 amide bonds. The summed E-state index contributed by atoms with van der Waals surface area (Å²) >= 11 is 6.08. The number of hydrogen-bond acceptors (Lipinski definition) is 2. The summed E-state index contributed by atoms with van der Waals surface area (Å²) < 4.78 is 0. The molecule has 1 rings (SSSR count). The number of para-hydroxylation sites is 1. The smallest absolute Gasteiger partial charge is 0.258 e. The average molecular weight is 256 g/mol. The molecule has 0 bridgehead atoms. The minimum absolute atomic E-state index is 0.114. The van der Waals surface area contributed by atoms with Crippen LogP contribution >= 0.6 is 11.6 Å². The second kappa shape index (κ2) is 6.60. The summed E-state index contributed by atoms with van der Waals surface area (Å²) in [4.78, 5) is 10.5. The molecule has 1 aromatic carbocycles. The van der Waals surface area contributed by atoms with Crippen LogP contribution in [-0.2, 0) is 6.42 Å². The van der Waals surface area contributed by atoms with E-state index in [0.29, 0.717) is 12.3 Å². The van der Waals surface area contributed by atoms with Crippen molar-refractivity contribution in [2.75, 3.05) is 0 Å². The Morgan fingerprint density at radius 3 is 2.59 bits per heavy atom. The summed E-state index contributed by atoms with van der Waals surface area (Å²) in [6, 6.07) is 6.92. The van der Waals surface area contributed by atoms with Gasteiger partial charge in [-0.15, -0.1) is 11.6 Å². The fraction of sp³-hybridized carbons (Fsp3) is 0.538. The SMILES string of the molecule is CCC(CCc1ccccc1[N+](=O)[O-])C(C)Cl. The Bertz CT molecular complexity index is 379. The quantitative estimate of drug-likeness (QED) is 0.435. The molecule has 2 unspecified atom stereocenters. The molecule has 0 radical (unpaired) electrons. The third-order valence-corrected chi connectivity index (χ3v) is 3.50. The lowest BCUT2D eigenvalue weighted by molar-refractivity contribution is -0.385. The molecule has 0 saturated heterocycles. The molecular weight excluding hydrogens is 238 g/mol. The lowest BCUT2D eigenvalue weighted by Crippen LogP contribution is -2.11. The Balaban J connectivity index is 2.72. The predicted octanol–water partition coefficient (Wildman–Crippen LogP) is 4.18. The first kappa shape index (κ1) is 14.0. The number of nitrogens with zero attached hydrogens (tertiary/aromatic N) is 1. The van der Waals surface area contributed by atoms with Gasteiger partial charge in [-0.1, -0.05) is 31.5 Å². The maximum Gasteiger partial charge on any atom is 0.272 e. The zero-order valence-corrected chi connectivity index (χ0v) is 11.0. The van der Waals surface area contributed by atoms with Crippen LogP contribution in [0.25, 0.3) is 0 Å². The molecule has 2 atom stereocenters. The second-order valence-electron chi connectivity index (χ2n) is 4.27. The van der Waals surface area contributed by atoms with Crippen molar-refractivity contribution < 1.29 is 4.92 Å². The summed E-state index contributed by atoms with van der Waals surface area (Å²) in [7, 11) is 0. The summed E-state index contributed by atoms with van der Waals surface area (Å²) in [5.41, 5.74) is 1.01. The van der Waals surface area contributed by atoms with Crippen LogP contribution in [0.1, 0.15) is 32.3 Å². The number of aryl methyl sites for hydroxylation is 1. The van der Waals surface area contributed by atoms with Crippen LogP contribution < -0.4 is 0 Å². The Morgan fingerprint density at radius 1 is 1.41 bits per heavy atom. The Kier molecular flexibility index (Phi) is 5.42. The van der Waals surface area contributed by atoms with Gasteiger partial charge >= 0.3 is 0 Å². The lowest BCUT2D eigenvalue weighted by Gasteiger charge is -2.16. The summed E-state index contributed by atoms with van der Waals surface area (Å²) in [6.45, 7) is 4.08. The molecule has 0 spiro atoms. The van der Waals surface area contributed by atoms with Crippen LogP contribution in [0, 0.1) is 16.0 Å². The van der Waals surface area contributed by atoms with Gasteiger partial charge in [-0.3, -0.25) is 10.1 Å². The first-order valence-electron chi connectivity index (χ1n) is 5.92. The van der Waals surface area contributed by atoms with Crippen LogP contribution in [0.4, 0.5) is 5.69 Å². The standard InChI is InChI=1S/C13H18ClNO2/c1-3-11(10(2)14)8-9-12-6-4-5-7-13(12)15(16)17/h4-7,10-11H,3,8-9H2,1-2H3. The number of hydrogen-bond donors (Lipinski definition) is 0. The highest BCUT2D eigenvalue weighted by molar-refractivity contribution is 6.20. The van der Waals surface area contributed by atoms with E-state index in [2.05, 4.69) is 6.92 Å². The molecule has 0 heterocycles. The Morgan fingerprint density at radius 2 is 2.06 bits per heavy atom. The summed E-state index contributed by atoms with van der Waals surface area (Å²) in [6.07, 6.45) is 2.62. The third-order valence-electron chi connectivity index (χ3n) is 3.15. The fourth-order valence-corrected chi connectivity index (χ4v) is 2.30. The molecule has 0 aromatic heterocycles. The number of rotatable bonds is 6. The topological polar surface area (TPSA) is 43.1 Å². The minimum Gasteiger partial charge on any atom is -0.258 e. The highest BCUT2D eigenvalue weighted by Crippen LogP contribution is 2.24. The van der Waals surface area contributed by atoms with Crippen molar-refractivity contribution >= 4 is 17.3 Å². The molecule has 0 aliphatic carbocycles. The predicted molar refractivity (Wildman–Crippen MR) is 70.5 cm³/mol. The highest BCUT2D eigenvalue weighted by atomic mass is 35.5. The van der Waals surface area contributed by atoms with Gasteiger partial charge in [0.2, 0.25) is 0 Å². The fourth-order valence-electron chi connectivity index (χ4n) is 2.00. The highest BCUT2D eigenvalue weighted by Gasteiger charge is 2.16. The van der Waals surface area contributed by atoms with E-state index < -0.39 is 0 Å². The van der Waals surface area contributed by atoms with E-state index in [1.165, 1.54) is 0 Å². The largest absolute Gasteiger partial charge is 0.272 e. The van der Waals surface area contributed by atoms with Crippen molar-refractivity contribution in [3.8, 4) is 0 Å². The number of nitro groups is 1. The van der Waals surface area contributed by atoms with Gasteiger partial charge in [0.25, 0.3) is 5.69 Å². The van der Waals surface area contributed by atoms with E-state index in [9.17, 15) is 10.1 Å². The van der Waals surface area contributed by atoms with E-state index in [1.54, 1.807) is 12.1 Å². The average Bonchev–Trinajstić information content (AvgIpc) is 2.29. The summed E-state index contributed by atoms with van der Waals surface area (Å²) in [5.74, 6) is 0.413. The van der Waals surface area contributed by atoms with E-state index in [0.717, 1.165) is 18.4 Å². The number of benzene rings is 1. The van der Waals surface area contributed by atoms with Gasteiger partial charge in [0.15, 0.2) is 0 Å². The monoisotopic (exact) mass is 255 g/mol. The van der Waals surface area contributed by atoms with Gasteiger partial charge in [0.05, 0.1) is 4.92 Å². The van der Waals surface area contributed by atoms with E-state index in [-0.39, 0.29) is 16.0 Å². The molecule has 0 saturated carbocycles. The number of alkyl halides is 1. The third kappa shape index (κ3) is 4.00. The van der Waals surface area contributed by atoms with E-state index in [4.69, 9.17) is 11.6 Å². The van der Waals surface area contributed by atoms with Gasteiger partial charge in [-0.05, 0) is 25.7 Å². The van der Waals surface area contributed by atoms with Crippen LogP contribution in [-0.4, -0.2) is 10.3 Å². The van der Waals surface area contributed by atoms with Gasteiger partial charge in [-0.2, -0.15) is 0 Å². The molecule has 1 aromatic rings. The maximum atomic E-state index is 10.8. The molecule has 94 valence electrons. The van der Waals surface area contributed by atoms with Crippen molar-refractivity contribution in [2.24, 2.45) is 5.92 Å². The Hall–Kier alpha value is -1.09. The molecule has 17 heavy (non-hydrogen) atoms. The van der Waals surface area contributed by atoms with Gasteiger partial charge in [0.1, 0.15) is 0 Å². The van der Waals surface area contributed by atoms with Crippen molar-refractivity contribution in [1.82, 2.24) is 0 Å². The Labute approximate surface area is 107 Å². The van der Waals surface area contributed by atoms with Crippen molar-refractivity contribution in [3.63, 3.8) is 0 Å². The lowest BCUT2D eigenvalue weighted by atomic mass is 9.94. The van der Waals surface area contributed by atoms with Crippen molar-refractivity contribution in [1.29, 1.82) is 0 Å². The first-order valence-corrected chi connectivity index (χ1v) is 6.36. The zero-order chi connectivity index (χ0) is 12.8. The van der Waals surface area contributed by atoms with Crippen LogP contribution in [0.5, 0.6) is 0 Å². The molecule has 0 N–H and O–H groups in total. The van der Waals surface area contributed by atoms with E-state index in [1.807, 2.05) is 19.1 Å². The first-order chi connectivity index (χ1) is 8.06. The molecule has 4 heteroatoms. The van der Waals surface area contributed by atoms with Crippen LogP contribution in [0.2, 0.25) is 0 Å². The molecule has 0 aliphatic rings. The van der Waals surface area contributed by atoms with Gasteiger partial charge in [-0.25, -0.2) is 0 Å². The summed E-state index contributed by atoms with van der Waals surface area (Å²) in [5, 5.41) is 11.0. The van der Waals surface area contributed by atoms with Gasteiger partial charge < -0.3 is 0 Å². The van der Waals surface area contributed by atoms with Crippen LogP contribution in [0.15, 0.2) is 24.3 Å². The number of nitro benzene ring substituents is 1. The normalized spacial score (nSPS) is 14.3. The minimum atomic E-state index is -0.319. The zero-order valence-electron chi connectivity index (χ0n) is 10.2. The van der Waals surface area contributed by atoms with Crippen molar-refractivity contribution in [3.05, 3.63) is 39.9 Å². The van der Waals surface area contributed by atoms with Crippen molar-refractivity contribution in [2.45, 2.75) is 38.5 Å². The maximum absolute atomic E-state index is 10.8. The van der Waals surface area contributed by atoms with E-state index >= 15 is 0 Å².